The van der Waals surface area contributed by atoms with Crippen LogP contribution in [0, 0.1) is 0 Å². The van der Waals surface area contributed by atoms with Crippen molar-refractivity contribution in [3.8, 4) is 0 Å². The van der Waals surface area contributed by atoms with Crippen molar-refractivity contribution in [2.45, 2.75) is 139 Å². The highest BCUT2D eigenvalue weighted by molar-refractivity contribution is 6.63. The molecule has 0 fully saturated rings. The molecule has 3 unspecified atom stereocenters. The first kappa shape index (κ1) is 47.7. The molecule has 0 aliphatic rings. The molecule has 0 saturated heterocycles. The molecule has 1 aromatic heterocycles. The molecule has 1 heterocycles. The maximum Gasteiger partial charge on any atom is 0.503 e. The summed E-state index contributed by atoms with van der Waals surface area (Å²) >= 11 is 0. The number of hydrogen-bond acceptors (Lipinski definition) is 12. The van der Waals surface area contributed by atoms with Crippen LogP contribution in [0.5, 0.6) is 0 Å². The van der Waals surface area contributed by atoms with Crippen molar-refractivity contribution < 1.29 is 39.8 Å². The van der Waals surface area contributed by atoms with Crippen LogP contribution in [0.25, 0.3) is 0 Å². The number of rotatable bonds is 30. The van der Waals surface area contributed by atoms with Crippen molar-refractivity contribution in [1.82, 2.24) is 13.7 Å². The van der Waals surface area contributed by atoms with Gasteiger partial charge in [-0.05, 0) is 81.6 Å². The van der Waals surface area contributed by atoms with Gasteiger partial charge in [-0.15, -0.1) is 0 Å². The normalized spacial score (nSPS) is 14.6. The molecule has 300 valence electrons. The molecule has 0 radical (unpaired) electrons. The molecule has 0 bridgehead atoms. The molecule has 3 atom stereocenters. The summed E-state index contributed by atoms with van der Waals surface area (Å²) in [4.78, 5) is 42.3. The van der Waals surface area contributed by atoms with Gasteiger partial charge < -0.3 is 39.8 Å². The largest absolute Gasteiger partial charge is 0.503 e. The van der Waals surface area contributed by atoms with Crippen molar-refractivity contribution in [2.24, 2.45) is 0 Å². The summed E-state index contributed by atoms with van der Waals surface area (Å²) in [5.41, 5.74) is -2.73. The zero-order valence-electron chi connectivity index (χ0n) is 33.6. The molecule has 0 aliphatic heterocycles. The Morgan fingerprint density at radius 2 is 0.529 bits per heavy atom. The van der Waals surface area contributed by atoms with E-state index >= 15 is 0 Å². The molecule has 18 heteroatoms. The Balaban J connectivity index is 3.75. The highest BCUT2D eigenvalue weighted by Crippen LogP contribution is 2.31. The fourth-order valence-corrected chi connectivity index (χ4v) is 14.6. The van der Waals surface area contributed by atoms with Crippen LogP contribution < -0.4 is 17.1 Å². The lowest BCUT2D eigenvalue weighted by Crippen LogP contribution is -2.56. The van der Waals surface area contributed by atoms with E-state index in [1.807, 2.05) is 83.1 Å². The van der Waals surface area contributed by atoms with E-state index in [-0.39, 0.29) is 36.3 Å². The molecule has 1 aromatic rings. The Morgan fingerprint density at radius 3 is 0.667 bits per heavy atom. The van der Waals surface area contributed by atoms with Crippen molar-refractivity contribution in [2.75, 3.05) is 59.5 Å². The van der Waals surface area contributed by atoms with E-state index in [9.17, 15) is 14.4 Å². The van der Waals surface area contributed by atoms with Gasteiger partial charge in [0.25, 0.3) is 0 Å². The van der Waals surface area contributed by atoms with Crippen LogP contribution in [0.15, 0.2) is 14.4 Å². The molecule has 0 N–H and O–H groups in total. The smallest absolute Gasteiger partial charge is 0.374 e. The van der Waals surface area contributed by atoms with Gasteiger partial charge in [0.15, 0.2) is 0 Å². The molecule has 0 aromatic carbocycles. The molecule has 0 saturated carbocycles. The van der Waals surface area contributed by atoms with E-state index in [0.717, 1.165) is 13.7 Å². The van der Waals surface area contributed by atoms with Crippen molar-refractivity contribution in [3.63, 3.8) is 0 Å². The van der Waals surface area contributed by atoms with Crippen molar-refractivity contribution in [1.29, 1.82) is 0 Å². The third-order valence-electron chi connectivity index (χ3n) is 8.66. The van der Waals surface area contributed by atoms with Crippen LogP contribution in [0.3, 0.4) is 0 Å². The van der Waals surface area contributed by atoms with Crippen molar-refractivity contribution >= 4 is 26.4 Å². The van der Waals surface area contributed by atoms with E-state index in [4.69, 9.17) is 39.8 Å². The first-order chi connectivity index (χ1) is 24.3. The zero-order valence-corrected chi connectivity index (χ0v) is 36.6. The molecular weight excluding hydrogens is 715 g/mol. The summed E-state index contributed by atoms with van der Waals surface area (Å²) in [5.74, 6) is 0. The second-order valence-corrected chi connectivity index (χ2v) is 21.3. The lowest BCUT2D eigenvalue weighted by atomic mass is 10.3. The SMILES string of the molecule is CCO[Si](OCC)(OCC)C(C)CCn1c(=O)n(CCC(C)[Si](OCC)(OCC)OCC)c(=O)n(CCC(C)[Si](OCC)(OCC)OCC)c1=O. The topological polar surface area (TPSA) is 149 Å². The third-order valence-corrected chi connectivity index (χ3v) is 19.4. The van der Waals surface area contributed by atoms with Crippen LogP contribution in [-0.2, 0) is 59.5 Å². The van der Waals surface area contributed by atoms with E-state index in [0.29, 0.717) is 78.7 Å². The second-order valence-electron chi connectivity index (χ2n) is 12.1. The summed E-state index contributed by atoms with van der Waals surface area (Å²) in [6.07, 6.45) is 1.07. The predicted octanol–water partition coefficient (Wildman–Crippen LogP) is 4.66. The minimum Gasteiger partial charge on any atom is -0.374 e. The molecule has 51 heavy (non-hydrogen) atoms. The van der Waals surface area contributed by atoms with E-state index in [2.05, 4.69) is 0 Å². The number of nitrogens with zero attached hydrogens (tertiary/aromatic N) is 3. The van der Waals surface area contributed by atoms with Crippen molar-refractivity contribution in [3.05, 3.63) is 31.5 Å². The Labute approximate surface area is 308 Å². The lowest BCUT2D eigenvalue weighted by Gasteiger charge is -2.34. The third kappa shape index (κ3) is 12.6. The van der Waals surface area contributed by atoms with Gasteiger partial charge in [-0.25, -0.2) is 28.1 Å². The van der Waals surface area contributed by atoms with Gasteiger partial charge in [-0.2, -0.15) is 0 Å². The number of aromatic nitrogens is 3. The van der Waals surface area contributed by atoms with Crippen LogP contribution in [0.1, 0.15) is 102 Å². The van der Waals surface area contributed by atoms with E-state index in [1.165, 1.54) is 0 Å². The molecule has 0 aliphatic carbocycles. The highest BCUT2D eigenvalue weighted by Gasteiger charge is 2.48. The maximum atomic E-state index is 14.1. The Bertz CT molecular complexity index is 1060. The Kier molecular flexibility index (Phi) is 22.6. The minimum absolute atomic E-state index is 0.0389. The predicted molar refractivity (Wildman–Crippen MR) is 203 cm³/mol. The van der Waals surface area contributed by atoms with Gasteiger partial charge in [0.1, 0.15) is 0 Å². The fourth-order valence-electron chi connectivity index (χ4n) is 6.22. The second kappa shape index (κ2) is 24.2. The van der Waals surface area contributed by atoms with Crippen LogP contribution >= 0.6 is 0 Å². The van der Waals surface area contributed by atoms with Crippen LogP contribution in [0.2, 0.25) is 16.6 Å². The van der Waals surface area contributed by atoms with Crippen LogP contribution in [-0.4, -0.2) is 99.6 Å². The summed E-state index contributed by atoms with van der Waals surface area (Å²) in [7, 11) is -9.43. The van der Waals surface area contributed by atoms with Gasteiger partial charge in [0.2, 0.25) is 0 Å². The monoisotopic (exact) mass is 783 g/mol. The fraction of sp³-hybridized carbons (Fsp3) is 0.909. The van der Waals surface area contributed by atoms with Gasteiger partial charge >= 0.3 is 43.5 Å². The molecule has 0 spiro atoms. The minimum atomic E-state index is -3.14. The number of hydrogen-bond donors (Lipinski definition) is 0. The van der Waals surface area contributed by atoms with E-state index in [1.54, 1.807) is 0 Å². The van der Waals surface area contributed by atoms with Gasteiger partial charge in [-0.3, -0.25) is 0 Å². The zero-order chi connectivity index (χ0) is 38.7. The highest BCUT2D eigenvalue weighted by atomic mass is 28.4. The molecular formula is C33H69N3O12Si3. The standard InChI is InChI=1S/C33H69N3O12Si3/c1-13-40-49(41-14-2,42-15-3)28(10)22-25-34-31(37)35(26-23-29(11)50(43-16-4,44-17-5)45-18-6)33(39)36(32(34)38)27-24-30(12)51(46-19-7,47-20-8)48-21-9/h28-30H,13-27H2,1-12H3. The van der Waals surface area contributed by atoms with Gasteiger partial charge in [-0.1, -0.05) is 20.8 Å². The van der Waals surface area contributed by atoms with E-state index < -0.39 is 43.5 Å². The summed E-state index contributed by atoms with van der Waals surface area (Å²) in [5, 5.41) is 0. The summed E-state index contributed by atoms with van der Waals surface area (Å²) in [6.45, 7) is 26.5. The lowest BCUT2D eigenvalue weighted by molar-refractivity contribution is 0.0605. The first-order valence-corrected chi connectivity index (χ1v) is 24.4. The summed E-state index contributed by atoms with van der Waals surface area (Å²) < 4.78 is 58.4. The molecule has 15 nitrogen and oxygen atoms in total. The van der Waals surface area contributed by atoms with Gasteiger partial charge in [0, 0.05) is 95.7 Å². The van der Waals surface area contributed by atoms with Gasteiger partial charge in [0.05, 0.1) is 0 Å². The quantitative estimate of drug-likeness (QED) is 0.100. The molecule has 0 amide bonds. The first-order valence-electron chi connectivity index (χ1n) is 19.0. The maximum absolute atomic E-state index is 14.1. The average molecular weight is 784 g/mol. The summed E-state index contributed by atoms with van der Waals surface area (Å²) in [6, 6.07) is 0. The molecule has 1 rings (SSSR count). The van der Waals surface area contributed by atoms with Crippen LogP contribution in [0.4, 0.5) is 0 Å². The average Bonchev–Trinajstić information content (AvgIpc) is 3.08. The Hall–Kier alpha value is -1.30. The Morgan fingerprint density at radius 1 is 0.373 bits per heavy atom.